The molecule has 0 unspecified atom stereocenters. The Bertz CT molecular complexity index is 9.61. The van der Waals surface area contributed by atoms with Gasteiger partial charge in [-0.3, -0.25) is 0 Å². The van der Waals surface area contributed by atoms with Gasteiger partial charge in [-0.05, 0) is 7.05 Å². The van der Waals surface area contributed by atoms with Crippen LogP contribution in [-0.2, 0) is 13.1 Å². The molecule has 0 fully saturated rings. The molecular formula is CH5Cl2CuN. The van der Waals surface area contributed by atoms with Crippen LogP contribution in [0.15, 0.2) is 0 Å². The third kappa shape index (κ3) is 42.2. The summed E-state index contributed by atoms with van der Waals surface area (Å²) in [5.41, 5.74) is 4.50. The second kappa shape index (κ2) is 19.7. The normalized spacial score (nSPS) is 5.60. The van der Waals surface area contributed by atoms with Gasteiger partial charge in [0.1, 0.15) is 0 Å². The van der Waals surface area contributed by atoms with Gasteiger partial charge in [0, 0.05) is 0 Å². The number of halogens is 2. The predicted octanol–water partition coefficient (Wildman–Crippen LogP) is 0.951. The Morgan fingerprint density at radius 2 is 1.40 bits per heavy atom. The second-order valence-corrected chi connectivity index (χ2v) is 1.60. The van der Waals surface area contributed by atoms with E-state index in [2.05, 4.69) is 25.9 Å². The van der Waals surface area contributed by atoms with Gasteiger partial charge < -0.3 is 5.73 Å². The molecule has 0 rings (SSSR count). The SMILES string of the molecule is CN.[Cl][Cu][Cl]. The van der Waals surface area contributed by atoms with Crippen LogP contribution < -0.4 is 5.73 Å². The first-order valence-electron chi connectivity index (χ1n) is 0.805. The zero-order valence-corrected chi connectivity index (χ0v) is 5.09. The summed E-state index contributed by atoms with van der Waals surface area (Å²) in [5, 5.41) is 0. The summed E-state index contributed by atoms with van der Waals surface area (Å²) in [6.07, 6.45) is 0. The van der Waals surface area contributed by atoms with Gasteiger partial charge in [0.05, 0.1) is 0 Å². The quantitative estimate of drug-likeness (QED) is 0.532. The van der Waals surface area contributed by atoms with Crippen LogP contribution in [0.5, 0.6) is 0 Å². The van der Waals surface area contributed by atoms with E-state index in [-0.39, 0.29) is 0 Å². The molecule has 0 spiro atoms. The molecule has 39 valence electrons. The Balaban J connectivity index is 0. The Hall–Kier alpha value is 1.06. The topological polar surface area (TPSA) is 26.0 Å². The van der Waals surface area contributed by atoms with Crippen molar-refractivity contribution in [3.63, 3.8) is 0 Å². The molecule has 0 aromatic rings. The van der Waals surface area contributed by atoms with Gasteiger partial charge in [-0.25, -0.2) is 0 Å². The summed E-state index contributed by atoms with van der Waals surface area (Å²) in [7, 11) is 10.8. The third-order valence-electron chi connectivity index (χ3n) is 0. The molecule has 0 radical (unpaired) electrons. The molecule has 0 aliphatic rings. The molecular weight excluding hydrogens is 160 g/mol. The third-order valence-corrected chi connectivity index (χ3v) is 0. The van der Waals surface area contributed by atoms with Crippen LogP contribution in [-0.4, -0.2) is 7.05 Å². The summed E-state index contributed by atoms with van der Waals surface area (Å²) in [4.78, 5) is 0. The molecule has 0 saturated carbocycles. The first-order chi connectivity index (χ1) is 2.41. The zero-order valence-electron chi connectivity index (χ0n) is 2.63. The van der Waals surface area contributed by atoms with E-state index in [1.54, 1.807) is 0 Å². The van der Waals surface area contributed by atoms with Crippen molar-refractivity contribution in [3.8, 4) is 0 Å². The van der Waals surface area contributed by atoms with Gasteiger partial charge in [0.15, 0.2) is 0 Å². The van der Waals surface area contributed by atoms with Crippen LogP contribution in [0.25, 0.3) is 0 Å². The van der Waals surface area contributed by atoms with Crippen molar-refractivity contribution >= 4 is 20.2 Å². The molecule has 0 atom stereocenters. The van der Waals surface area contributed by atoms with E-state index in [1.807, 2.05) is 0 Å². The average Bonchev–Trinajstić information content (AvgIpc) is 1.46. The van der Waals surface area contributed by atoms with Crippen LogP contribution in [0, 0.1) is 0 Å². The van der Waals surface area contributed by atoms with Crippen molar-refractivity contribution in [2.75, 3.05) is 7.05 Å². The van der Waals surface area contributed by atoms with Crippen molar-refractivity contribution < 1.29 is 13.1 Å². The Morgan fingerprint density at radius 3 is 1.40 bits per heavy atom. The molecule has 2 N–H and O–H groups in total. The Morgan fingerprint density at radius 1 is 1.40 bits per heavy atom. The first kappa shape index (κ1) is 9.41. The minimum atomic E-state index is 0.757. The van der Waals surface area contributed by atoms with Crippen molar-refractivity contribution in [2.45, 2.75) is 0 Å². The van der Waals surface area contributed by atoms with Gasteiger partial charge in [-0.15, -0.1) is 0 Å². The number of nitrogens with two attached hydrogens (primary N) is 1. The number of rotatable bonds is 0. The summed E-state index contributed by atoms with van der Waals surface area (Å²) < 4.78 is 0. The van der Waals surface area contributed by atoms with Crippen LogP contribution in [0.4, 0.5) is 0 Å². The first-order valence-corrected chi connectivity index (χ1v) is 3.40. The molecule has 0 aliphatic heterocycles. The van der Waals surface area contributed by atoms with Gasteiger partial charge >= 0.3 is 33.3 Å². The van der Waals surface area contributed by atoms with Gasteiger partial charge in [-0.2, -0.15) is 0 Å². The predicted molar refractivity (Wildman–Crippen MR) is 21.8 cm³/mol. The van der Waals surface area contributed by atoms with Crippen LogP contribution in [0.3, 0.4) is 0 Å². The maximum atomic E-state index is 4.67. The fraction of sp³-hybridized carbons (Fsp3) is 1.00. The Kier molecular flexibility index (Phi) is 37.0. The molecule has 0 amide bonds. The number of hydrogen-bond acceptors (Lipinski definition) is 1. The molecule has 5 heavy (non-hydrogen) atoms. The number of hydrogen-bond donors (Lipinski definition) is 1. The molecule has 0 aliphatic carbocycles. The fourth-order valence-corrected chi connectivity index (χ4v) is 0. The molecule has 0 aromatic carbocycles. The molecule has 0 saturated heterocycles. The standard InChI is InChI=1S/CH5N.2ClH.Cu/c1-2;;;/h2H2,1H3;2*1H;/q;;;+2/p-2. The van der Waals surface area contributed by atoms with Crippen LogP contribution in [0.1, 0.15) is 0 Å². The van der Waals surface area contributed by atoms with Gasteiger partial charge in [-0.1, -0.05) is 0 Å². The fourth-order valence-electron chi connectivity index (χ4n) is 0. The molecule has 1 nitrogen and oxygen atoms in total. The zero-order chi connectivity index (χ0) is 4.71. The summed E-state index contributed by atoms with van der Waals surface area (Å²) in [6, 6.07) is 0. The Labute approximate surface area is 46.4 Å². The van der Waals surface area contributed by atoms with E-state index >= 15 is 0 Å². The van der Waals surface area contributed by atoms with Crippen molar-refractivity contribution in [3.05, 3.63) is 0 Å². The van der Waals surface area contributed by atoms with E-state index in [4.69, 9.17) is 0 Å². The van der Waals surface area contributed by atoms with Crippen LogP contribution >= 0.6 is 20.2 Å². The average molecular weight is 166 g/mol. The van der Waals surface area contributed by atoms with Gasteiger partial charge in [0.25, 0.3) is 0 Å². The second-order valence-electron chi connectivity index (χ2n) is 0.0431. The van der Waals surface area contributed by atoms with E-state index in [9.17, 15) is 0 Å². The maximum absolute atomic E-state index is 4.67. The molecule has 4 heteroatoms. The summed E-state index contributed by atoms with van der Waals surface area (Å²) in [5.74, 6) is 0. The van der Waals surface area contributed by atoms with E-state index < -0.39 is 0 Å². The monoisotopic (exact) mass is 164 g/mol. The summed E-state index contributed by atoms with van der Waals surface area (Å²) in [6.45, 7) is 0. The van der Waals surface area contributed by atoms with Crippen molar-refractivity contribution in [2.24, 2.45) is 5.73 Å². The van der Waals surface area contributed by atoms with Gasteiger partial charge in [0.2, 0.25) is 0 Å². The van der Waals surface area contributed by atoms with E-state index in [0.29, 0.717) is 0 Å². The van der Waals surface area contributed by atoms with E-state index in [0.717, 1.165) is 13.1 Å². The summed E-state index contributed by atoms with van der Waals surface area (Å²) >= 11 is 0.757. The van der Waals surface area contributed by atoms with E-state index in [1.165, 1.54) is 7.05 Å². The van der Waals surface area contributed by atoms with Crippen LogP contribution in [0.2, 0.25) is 0 Å². The minimum absolute atomic E-state index is 0.757. The van der Waals surface area contributed by atoms with Crippen molar-refractivity contribution in [1.82, 2.24) is 0 Å². The molecule has 0 aromatic heterocycles. The molecule has 0 heterocycles. The molecule has 0 bridgehead atoms. The van der Waals surface area contributed by atoms with Crippen molar-refractivity contribution in [1.29, 1.82) is 0 Å².